The molecule has 0 aliphatic rings. The lowest BCUT2D eigenvalue weighted by atomic mass is 10.3. The van der Waals surface area contributed by atoms with Crippen molar-refractivity contribution in [3.05, 3.63) is 78.9 Å². The van der Waals surface area contributed by atoms with Gasteiger partial charge in [0.1, 0.15) is 16.6 Å². The number of aromatic nitrogens is 6. The first-order valence-corrected chi connectivity index (χ1v) is 9.54. The maximum atomic E-state index is 6.07. The lowest BCUT2D eigenvalue weighted by Crippen LogP contribution is -2.42. The van der Waals surface area contributed by atoms with Gasteiger partial charge in [-0.3, -0.25) is 0 Å². The van der Waals surface area contributed by atoms with E-state index in [-0.39, 0.29) is 0 Å². The van der Waals surface area contributed by atoms with Crippen molar-refractivity contribution in [1.29, 1.82) is 0 Å². The average molecular weight is 388 g/mol. The quantitative estimate of drug-likeness (QED) is 0.337. The molecule has 0 spiro atoms. The van der Waals surface area contributed by atoms with E-state index in [2.05, 4.69) is 20.5 Å². The molecular formula is C20H16N6OS. The number of ether oxygens (including phenoxy) is 1. The van der Waals surface area contributed by atoms with E-state index in [4.69, 9.17) is 4.74 Å². The van der Waals surface area contributed by atoms with Gasteiger partial charge in [0, 0.05) is 12.0 Å². The maximum Gasteiger partial charge on any atom is 0.334 e. The zero-order valence-corrected chi connectivity index (χ0v) is 15.8. The first kappa shape index (κ1) is 16.9. The number of methoxy groups -OCH3 is 1. The van der Waals surface area contributed by atoms with Gasteiger partial charge in [0.2, 0.25) is 0 Å². The lowest BCUT2D eigenvalue weighted by Gasteiger charge is -2.30. The smallest absolute Gasteiger partial charge is 0.329 e. The van der Waals surface area contributed by atoms with Crippen molar-refractivity contribution >= 4 is 33.8 Å². The maximum absolute atomic E-state index is 6.07. The molecule has 7 nitrogen and oxygen atoms in total. The van der Waals surface area contributed by atoms with E-state index in [9.17, 15) is 0 Å². The monoisotopic (exact) mass is 388 g/mol. The number of para-hydroxylation sites is 1. The number of rotatable bonds is 5. The topological polar surface area (TPSA) is 70.7 Å². The predicted octanol–water partition coefficient (Wildman–Crippen LogP) is 3.73. The van der Waals surface area contributed by atoms with E-state index < -0.39 is 5.18 Å². The SMILES string of the molecule is COC(Sc1ccccc1)(n1nc2ccccc2n1)n1nnc2ccccc21. The van der Waals surface area contributed by atoms with Crippen molar-refractivity contribution in [3.63, 3.8) is 0 Å². The summed E-state index contributed by atoms with van der Waals surface area (Å²) in [4.78, 5) is 2.56. The van der Waals surface area contributed by atoms with Crippen molar-refractivity contribution < 1.29 is 4.74 Å². The molecule has 0 radical (unpaired) electrons. The van der Waals surface area contributed by atoms with E-state index in [0.717, 1.165) is 27.0 Å². The van der Waals surface area contributed by atoms with Gasteiger partial charge in [-0.05, 0) is 48.2 Å². The highest BCUT2D eigenvalue weighted by Crippen LogP contribution is 2.39. The van der Waals surface area contributed by atoms with Crippen LogP contribution in [0.15, 0.2) is 83.8 Å². The number of benzene rings is 3. The molecule has 0 bridgehead atoms. The van der Waals surface area contributed by atoms with Crippen LogP contribution in [-0.2, 0) is 9.92 Å². The number of thioether (sulfide) groups is 1. The van der Waals surface area contributed by atoms with E-state index in [1.54, 1.807) is 16.6 Å². The second-order valence-electron chi connectivity index (χ2n) is 6.14. The molecule has 5 aromatic rings. The molecule has 2 heterocycles. The summed E-state index contributed by atoms with van der Waals surface area (Å²) in [6.07, 6.45) is 0. The summed E-state index contributed by atoms with van der Waals surface area (Å²) in [6.45, 7) is 0. The van der Waals surface area contributed by atoms with Crippen LogP contribution in [0.25, 0.3) is 22.1 Å². The highest BCUT2D eigenvalue weighted by atomic mass is 32.2. The van der Waals surface area contributed by atoms with E-state index >= 15 is 0 Å². The Hall–Kier alpha value is -3.23. The molecule has 1 unspecified atom stereocenters. The molecule has 28 heavy (non-hydrogen) atoms. The van der Waals surface area contributed by atoms with Gasteiger partial charge in [-0.1, -0.05) is 47.7 Å². The first-order valence-electron chi connectivity index (χ1n) is 8.73. The summed E-state index contributed by atoms with van der Waals surface area (Å²) in [5, 5.41) is 16.9. The first-order chi connectivity index (χ1) is 13.8. The summed E-state index contributed by atoms with van der Waals surface area (Å²) < 4.78 is 7.79. The molecular weight excluding hydrogens is 372 g/mol. The fourth-order valence-corrected chi connectivity index (χ4v) is 4.15. The molecule has 1 atom stereocenters. The van der Waals surface area contributed by atoms with E-state index in [1.807, 2.05) is 78.9 Å². The van der Waals surface area contributed by atoms with Crippen LogP contribution in [-0.4, -0.2) is 37.1 Å². The number of nitrogens with zero attached hydrogens (tertiary/aromatic N) is 6. The normalized spacial score (nSPS) is 13.8. The fraction of sp³-hybridized carbons (Fsp3) is 0.100. The van der Waals surface area contributed by atoms with Crippen LogP contribution in [0.4, 0.5) is 0 Å². The van der Waals surface area contributed by atoms with Gasteiger partial charge in [0.25, 0.3) is 0 Å². The Bertz CT molecular complexity index is 1220. The molecule has 138 valence electrons. The second-order valence-corrected chi connectivity index (χ2v) is 7.34. The van der Waals surface area contributed by atoms with Crippen molar-refractivity contribution in [2.45, 2.75) is 10.1 Å². The Kier molecular flexibility index (Phi) is 4.07. The molecule has 8 heteroatoms. The highest BCUT2D eigenvalue weighted by Gasteiger charge is 2.41. The third kappa shape index (κ3) is 2.65. The third-order valence-corrected chi connectivity index (χ3v) is 5.70. The zero-order valence-electron chi connectivity index (χ0n) is 15.0. The fourth-order valence-electron chi connectivity index (χ4n) is 3.08. The van der Waals surface area contributed by atoms with Crippen LogP contribution in [0.5, 0.6) is 0 Å². The molecule has 2 aromatic heterocycles. The molecule has 0 saturated heterocycles. The summed E-state index contributed by atoms with van der Waals surface area (Å²) in [7, 11) is 1.63. The van der Waals surface area contributed by atoms with Crippen LogP contribution >= 0.6 is 11.8 Å². The third-order valence-electron chi connectivity index (χ3n) is 4.42. The molecule has 0 aliphatic heterocycles. The Morgan fingerprint density at radius 1 is 0.786 bits per heavy atom. The van der Waals surface area contributed by atoms with Gasteiger partial charge < -0.3 is 4.74 Å². The molecule has 0 fully saturated rings. The van der Waals surface area contributed by atoms with Gasteiger partial charge in [-0.2, -0.15) is 4.68 Å². The molecule has 0 aliphatic carbocycles. The van der Waals surface area contributed by atoms with Gasteiger partial charge in [-0.15, -0.1) is 20.1 Å². The van der Waals surface area contributed by atoms with Crippen LogP contribution in [0.2, 0.25) is 0 Å². The molecule has 5 rings (SSSR count). The van der Waals surface area contributed by atoms with Crippen molar-refractivity contribution in [1.82, 2.24) is 30.0 Å². The highest BCUT2D eigenvalue weighted by molar-refractivity contribution is 7.99. The summed E-state index contributed by atoms with van der Waals surface area (Å²) in [6, 6.07) is 25.4. The molecule has 0 saturated carbocycles. The Labute approximate surface area is 164 Å². The van der Waals surface area contributed by atoms with Gasteiger partial charge >= 0.3 is 5.18 Å². The second kappa shape index (κ2) is 6.74. The summed E-state index contributed by atoms with van der Waals surface area (Å²) in [5.74, 6) is 0. The standard InChI is InChI=1S/C20H16N6OS/c1-27-20(28-15-9-3-2-4-10-15,25-19-14-8-7-13-18(19)21-24-25)26-22-16-11-5-6-12-17(16)23-26/h2-14H,1H3. The van der Waals surface area contributed by atoms with Gasteiger partial charge in [0.05, 0.1) is 5.52 Å². The van der Waals surface area contributed by atoms with Crippen LogP contribution in [0, 0.1) is 0 Å². The van der Waals surface area contributed by atoms with E-state index in [1.165, 1.54) is 11.8 Å². The number of fused-ring (bicyclic) bond motifs is 2. The van der Waals surface area contributed by atoms with Crippen LogP contribution < -0.4 is 0 Å². The van der Waals surface area contributed by atoms with Crippen molar-refractivity contribution in [2.75, 3.05) is 7.11 Å². The van der Waals surface area contributed by atoms with Gasteiger partial charge in [-0.25, -0.2) is 0 Å². The summed E-state index contributed by atoms with van der Waals surface area (Å²) >= 11 is 1.45. The Morgan fingerprint density at radius 2 is 1.39 bits per heavy atom. The Morgan fingerprint density at radius 3 is 2.07 bits per heavy atom. The van der Waals surface area contributed by atoms with Crippen molar-refractivity contribution in [2.24, 2.45) is 0 Å². The molecule has 3 aromatic carbocycles. The van der Waals surface area contributed by atoms with Crippen LogP contribution in [0.3, 0.4) is 0 Å². The number of hydrogen-bond acceptors (Lipinski definition) is 6. The van der Waals surface area contributed by atoms with E-state index in [0.29, 0.717) is 0 Å². The number of hydrogen-bond donors (Lipinski definition) is 0. The Balaban J connectivity index is 1.77. The lowest BCUT2D eigenvalue weighted by molar-refractivity contribution is -0.0450. The summed E-state index contributed by atoms with van der Waals surface area (Å²) in [5.41, 5.74) is 3.16. The molecule has 0 amide bonds. The average Bonchev–Trinajstić information content (AvgIpc) is 3.38. The largest absolute Gasteiger partial charge is 0.334 e. The molecule has 0 N–H and O–H groups in total. The minimum atomic E-state index is -1.18. The van der Waals surface area contributed by atoms with Crippen LogP contribution in [0.1, 0.15) is 0 Å². The minimum absolute atomic E-state index is 0.772. The van der Waals surface area contributed by atoms with Gasteiger partial charge in [0.15, 0.2) is 0 Å². The zero-order chi connectivity index (χ0) is 19.0. The minimum Gasteiger partial charge on any atom is -0.329 e. The van der Waals surface area contributed by atoms with Crippen molar-refractivity contribution in [3.8, 4) is 0 Å². The predicted molar refractivity (Wildman–Crippen MR) is 108 cm³/mol.